The Hall–Kier alpha value is -2.93. The zero-order valence-electron chi connectivity index (χ0n) is 15.3. The summed E-state index contributed by atoms with van der Waals surface area (Å²) in [7, 11) is 0. The van der Waals surface area contributed by atoms with Crippen LogP contribution in [-0.2, 0) is 5.41 Å². The average molecular weight is 339 g/mol. The van der Waals surface area contributed by atoms with E-state index >= 15 is 0 Å². The molecule has 1 atom stereocenters. The van der Waals surface area contributed by atoms with Gasteiger partial charge in [0.05, 0.1) is 6.04 Å². The third-order valence-electron chi connectivity index (χ3n) is 4.74. The van der Waals surface area contributed by atoms with Gasteiger partial charge in [-0.3, -0.25) is 4.99 Å². The van der Waals surface area contributed by atoms with Crippen molar-refractivity contribution < 1.29 is 0 Å². The lowest BCUT2D eigenvalue weighted by Crippen LogP contribution is -2.23. The summed E-state index contributed by atoms with van der Waals surface area (Å²) in [5.41, 5.74) is 3.47. The number of allylic oxidation sites excluding steroid dienone is 1. The van der Waals surface area contributed by atoms with Crippen molar-refractivity contribution in [3.63, 3.8) is 0 Å². The summed E-state index contributed by atoms with van der Waals surface area (Å²) in [5, 5.41) is 0. The van der Waals surface area contributed by atoms with Crippen LogP contribution in [-0.4, -0.2) is 6.21 Å². The molecule has 0 aromatic heterocycles. The molecular formula is C25H25N. The molecule has 0 bridgehead atoms. The van der Waals surface area contributed by atoms with E-state index in [1.807, 2.05) is 24.3 Å². The zero-order valence-corrected chi connectivity index (χ0v) is 15.3. The minimum absolute atomic E-state index is 0.00903. The number of nitrogens with zero attached hydrogens (tertiary/aromatic N) is 1. The van der Waals surface area contributed by atoms with E-state index in [9.17, 15) is 0 Å². The summed E-state index contributed by atoms with van der Waals surface area (Å²) in [4.78, 5) is 5.06. The second-order valence-corrected chi connectivity index (χ2v) is 6.78. The van der Waals surface area contributed by atoms with Gasteiger partial charge in [-0.15, -0.1) is 6.58 Å². The van der Waals surface area contributed by atoms with Crippen LogP contribution in [0.3, 0.4) is 0 Å². The van der Waals surface area contributed by atoms with Crippen LogP contribution in [0.2, 0.25) is 0 Å². The highest BCUT2D eigenvalue weighted by molar-refractivity contribution is 5.74. The van der Waals surface area contributed by atoms with Crippen LogP contribution in [0.5, 0.6) is 0 Å². The fraction of sp³-hybridized carbons (Fsp3) is 0.160. The molecule has 1 heteroatoms. The summed E-state index contributed by atoms with van der Waals surface area (Å²) in [5.74, 6) is 0. The Morgan fingerprint density at radius 3 is 1.73 bits per heavy atom. The molecule has 130 valence electrons. The molecular weight excluding hydrogens is 314 g/mol. The second kappa shape index (κ2) is 8.44. The normalized spacial score (nSPS) is 13.6. The molecule has 0 aliphatic carbocycles. The maximum Gasteiger partial charge on any atom is 0.0995 e. The summed E-state index contributed by atoms with van der Waals surface area (Å²) < 4.78 is 0. The molecule has 1 nitrogen and oxygen atoms in total. The van der Waals surface area contributed by atoms with Gasteiger partial charge in [0.1, 0.15) is 0 Å². The molecule has 0 aliphatic rings. The monoisotopic (exact) mass is 339 g/mol. The first-order valence-corrected chi connectivity index (χ1v) is 9.03. The van der Waals surface area contributed by atoms with Gasteiger partial charge in [-0.25, -0.2) is 0 Å². The van der Waals surface area contributed by atoms with Crippen molar-refractivity contribution in [2.45, 2.75) is 24.8 Å². The van der Waals surface area contributed by atoms with Gasteiger partial charge in [0.25, 0.3) is 0 Å². The van der Waals surface area contributed by atoms with Gasteiger partial charge in [-0.1, -0.05) is 104 Å². The molecule has 0 N–H and O–H groups in total. The lowest BCUT2D eigenvalue weighted by molar-refractivity contribution is 0.656. The standard InChI is InChI=1S/C25H25N/c1-3-19-25(2,23-17-11-6-12-18-23)20-26-24(21-13-7-4-8-14-21)22-15-9-5-10-16-22/h3-18,20,24H,1,19H2,2H3/t25-/m1/s1. The molecule has 3 aromatic carbocycles. The van der Waals surface area contributed by atoms with Crippen molar-refractivity contribution >= 4 is 6.21 Å². The third-order valence-corrected chi connectivity index (χ3v) is 4.74. The van der Waals surface area contributed by atoms with Crippen molar-refractivity contribution in [2.75, 3.05) is 0 Å². The highest BCUT2D eigenvalue weighted by Gasteiger charge is 2.24. The third kappa shape index (κ3) is 4.18. The first-order valence-electron chi connectivity index (χ1n) is 9.03. The lowest BCUT2D eigenvalue weighted by atomic mass is 9.80. The fourth-order valence-corrected chi connectivity index (χ4v) is 3.24. The smallest absolute Gasteiger partial charge is 0.0995 e. The Bertz CT molecular complexity index is 798. The van der Waals surface area contributed by atoms with Crippen LogP contribution in [0.4, 0.5) is 0 Å². The van der Waals surface area contributed by atoms with Crippen LogP contribution in [0.1, 0.15) is 36.1 Å². The lowest BCUT2D eigenvalue weighted by Gasteiger charge is -2.25. The Morgan fingerprint density at radius 2 is 1.27 bits per heavy atom. The van der Waals surface area contributed by atoms with Crippen LogP contribution >= 0.6 is 0 Å². The minimum Gasteiger partial charge on any atom is -0.284 e. The molecule has 0 spiro atoms. The van der Waals surface area contributed by atoms with E-state index in [0.29, 0.717) is 0 Å². The molecule has 0 aliphatic heterocycles. The largest absolute Gasteiger partial charge is 0.284 e. The predicted molar refractivity (Wildman–Crippen MR) is 112 cm³/mol. The maximum atomic E-state index is 5.06. The van der Waals surface area contributed by atoms with Crippen LogP contribution < -0.4 is 0 Å². The average Bonchev–Trinajstić information content (AvgIpc) is 2.71. The Balaban J connectivity index is 2.01. The van der Waals surface area contributed by atoms with Gasteiger partial charge < -0.3 is 0 Å². The first-order chi connectivity index (χ1) is 12.7. The van der Waals surface area contributed by atoms with Crippen molar-refractivity contribution in [3.05, 3.63) is 120 Å². The van der Waals surface area contributed by atoms with Gasteiger partial charge >= 0.3 is 0 Å². The highest BCUT2D eigenvalue weighted by Crippen LogP contribution is 2.30. The van der Waals surface area contributed by atoms with Gasteiger partial charge in [-0.05, 0) is 23.1 Å². The molecule has 0 radical (unpaired) electrons. The van der Waals surface area contributed by atoms with Crippen molar-refractivity contribution in [1.82, 2.24) is 0 Å². The quantitative estimate of drug-likeness (QED) is 0.350. The number of benzene rings is 3. The summed E-state index contributed by atoms with van der Waals surface area (Å²) in [6, 6.07) is 31.5. The van der Waals surface area contributed by atoms with E-state index in [1.165, 1.54) is 16.7 Å². The van der Waals surface area contributed by atoms with Crippen LogP contribution in [0.25, 0.3) is 0 Å². The van der Waals surface area contributed by atoms with E-state index in [2.05, 4.69) is 92.5 Å². The molecule has 0 amide bonds. The molecule has 0 unspecified atom stereocenters. The van der Waals surface area contributed by atoms with Crippen molar-refractivity contribution in [3.8, 4) is 0 Å². The van der Waals surface area contributed by atoms with Gasteiger partial charge in [0, 0.05) is 11.6 Å². The van der Waals surface area contributed by atoms with Crippen LogP contribution in [0, 0.1) is 0 Å². The molecule has 0 fully saturated rings. The molecule has 0 heterocycles. The highest BCUT2D eigenvalue weighted by atomic mass is 14.8. The number of aliphatic imine (C=N–C) groups is 1. The molecule has 0 saturated heterocycles. The van der Waals surface area contributed by atoms with Crippen LogP contribution in [0.15, 0.2) is 109 Å². The van der Waals surface area contributed by atoms with Gasteiger partial charge in [0.2, 0.25) is 0 Å². The minimum atomic E-state index is -0.176. The predicted octanol–water partition coefficient (Wildman–Crippen LogP) is 6.38. The Labute approximate surface area is 156 Å². The molecule has 3 aromatic rings. The first kappa shape index (κ1) is 17.9. The van der Waals surface area contributed by atoms with E-state index in [1.54, 1.807) is 0 Å². The van der Waals surface area contributed by atoms with Gasteiger partial charge in [0.15, 0.2) is 0 Å². The van der Waals surface area contributed by atoms with E-state index < -0.39 is 0 Å². The number of rotatable bonds is 7. The van der Waals surface area contributed by atoms with Gasteiger partial charge in [-0.2, -0.15) is 0 Å². The molecule has 0 saturated carbocycles. The zero-order chi connectivity index (χ0) is 18.2. The number of hydrogen-bond donors (Lipinski definition) is 0. The summed E-state index contributed by atoms with van der Waals surface area (Å²) >= 11 is 0. The van der Waals surface area contributed by atoms with Crippen molar-refractivity contribution in [1.29, 1.82) is 0 Å². The maximum absolute atomic E-state index is 5.06. The SMILES string of the molecule is C=CC[C@](C)(C=NC(c1ccccc1)c1ccccc1)c1ccccc1. The second-order valence-electron chi connectivity index (χ2n) is 6.78. The van der Waals surface area contributed by atoms with E-state index in [4.69, 9.17) is 4.99 Å². The van der Waals surface area contributed by atoms with E-state index in [0.717, 1.165) is 6.42 Å². The van der Waals surface area contributed by atoms with Crippen molar-refractivity contribution in [2.24, 2.45) is 4.99 Å². The molecule has 26 heavy (non-hydrogen) atoms. The molecule has 3 rings (SSSR count). The Morgan fingerprint density at radius 1 is 0.808 bits per heavy atom. The Kier molecular flexibility index (Phi) is 5.80. The number of hydrogen-bond acceptors (Lipinski definition) is 1. The summed E-state index contributed by atoms with van der Waals surface area (Å²) in [6.07, 6.45) is 4.92. The topological polar surface area (TPSA) is 12.4 Å². The van der Waals surface area contributed by atoms with E-state index in [-0.39, 0.29) is 11.5 Å². The summed E-state index contributed by atoms with van der Waals surface area (Å²) in [6.45, 7) is 6.18. The fourth-order valence-electron chi connectivity index (χ4n) is 3.24.